The average Bonchev–Trinajstić information content (AvgIpc) is 3.08. The highest BCUT2D eigenvalue weighted by atomic mass is 32.2. The Morgan fingerprint density at radius 1 is 1.38 bits per heavy atom. The van der Waals surface area contributed by atoms with E-state index in [1.807, 2.05) is 0 Å². The predicted molar refractivity (Wildman–Crippen MR) is 92.3 cm³/mol. The summed E-state index contributed by atoms with van der Waals surface area (Å²) >= 11 is 0. The highest BCUT2D eigenvalue weighted by Gasteiger charge is 2.27. The van der Waals surface area contributed by atoms with Gasteiger partial charge in [-0.25, -0.2) is 13.4 Å². The summed E-state index contributed by atoms with van der Waals surface area (Å²) in [6.45, 7) is 2.93. The van der Waals surface area contributed by atoms with Crippen LogP contribution >= 0.6 is 0 Å². The normalized spacial score (nSPS) is 18.6. The minimum absolute atomic E-state index is 0.0732. The molecule has 2 heterocycles. The molecule has 0 unspecified atom stereocenters. The molecular weight excluding hydrogens is 326 g/mol. The number of imidazole rings is 1. The van der Waals surface area contributed by atoms with Crippen LogP contribution < -0.4 is 4.90 Å². The van der Waals surface area contributed by atoms with Crippen molar-refractivity contribution in [3.05, 3.63) is 42.0 Å². The Hall–Kier alpha value is -2.15. The number of hydrogen-bond acceptors (Lipinski definition) is 5. The minimum atomic E-state index is -3.37. The molecule has 0 spiro atoms. The molecular formula is C17H21N3O3S. The Labute approximate surface area is 141 Å². The molecule has 0 amide bonds. The Kier molecular flexibility index (Phi) is 4.45. The van der Waals surface area contributed by atoms with Crippen LogP contribution in [0.1, 0.15) is 41.9 Å². The summed E-state index contributed by atoms with van der Waals surface area (Å²) in [7, 11) is -3.37. The molecule has 7 heteroatoms. The van der Waals surface area contributed by atoms with Crippen molar-refractivity contribution < 1.29 is 13.2 Å². The van der Waals surface area contributed by atoms with Gasteiger partial charge in [-0.2, -0.15) is 0 Å². The van der Waals surface area contributed by atoms with Gasteiger partial charge >= 0.3 is 0 Å². The maximum Gasteiger partial charge on any atom is 0.177 e. The molecule has 0 bridgehead atoms. The van der Waals surface area contributed by atoms with E-state index in [2.05, 4.69) is 14.9 Å². The van der Waals surface area contributed by atoms with Crippen molar-refractivity contribution >= 4 is 21.3 Å². The largest absolute Gasteiger partial charge is 0.370 e. The van der Waals surface area contributed by atoms with Gasteiger partial charge in [0.25, 0.3) is 0 Å². The molecule has 1 fully saturated rings. The minimum Gasteiger partial charge on any atom is -0.370 e. The number of piperidine rings is 1. The highest BCUT2D eigenvalue weighted by Crippen LogP contribution is 2.33. The van der Waals surface area contributed by atoms with Crippen LogP contribution in [0, 0.1) is 0 Å². The van der Waals surface area contributed by atoms with Crippen molar-refractivity contribution in [1.29, 1.82) is 0 Å². The van der Waals surface area contributed by atoms with Gasteiger partial charge in [0.1, 0.15) is 5.82 Å². The van der Waals surface area contributed by atoms with Crippen molar-refractivity contribution in [1.82, 2.24) is 9.97 Å². The maximum absolute atomic E-state index is 12.2. The lowest BCUT2D eigenvalue weighted by atomic mass is 9.96. The van der Waals surface area contributed by atoms with Gasteiger partial charge in [-0.3, -0.25) is 4.79 Å². The third kappa shape index (κ3) is 3.36. The number of carbonyl (C=O) groups excluding carboxylic acids is 1. The van der Waals surface area contributed by atoms with E-state index in [9.17, 15) is 13.2 Å². The number of aromatic nitrogens is 2. The molecule has 1 aromatic heterocycles. The summed E-state index contributed by atoms with van der Waals surface area (Å²) < 4.78 is 24.3. The Balaban J connectivity index is 2.00. The van der Waals surface area contributed by atoms with Crippen LogP contribution in [-0.2, 0) is 9.84 Å². The van der Waals surface area contributed by atoms with E-state index < -0.39 is 9.84 Å². The molecule has 6 nitrogen and oxygen atoms in total. The van der Waals surface area contributed by atoms with Gasteiger partial charge in [0.05, 0.1) is 10.6 Å². The molecule has 1 N–H and O–H groups in total. The van der Waals surface area contributed by atoms with Gasteiger partial charge in [0, 0.05) is 43.2 Å². The van der Waals surface area contributed by atoms with Crippen molar-refractivity contribution in [2.45, 2.75) is 30.6 Å². The van der Waals surface area contributed by atoms with Crippen molar-refractivity contribution in [3.8, 4) is 0 Å². The van der Waals surface area contributed by atoms with E-state index in [4.69, 9.17) is 0 Å². The first-order valence-electron chi connectivity index (χ1n) is 7.95. The molecule has 1 saturated heterocycles. The zero-order chi connectivity index (χ0) is 17.3. The Morgan fingerprint density at radius 3 is 2.79 bits per heavy atom. The molecule has 1 aliphatic rings. The van der Waals surface area contributed by atoms with E-state index in [-0.39, 0.29) is 16.6 Å². The zero-order valence-corrected chi connectivity index (χ0v) is 14.6. The van der Waals surface area contributed by atoms with E-state index in [0.29, 0.717) is 17.8 Å². The summed E-state index contributed by atoms with van der Waals surface area (Å²) in [5.41, 5.74) is 1.14. The number of sulfone groups is 1. The van der Waals surface area contributed by atoms with Crippen LogP contribution in [0.5, 0.6) is 0 Å². The Morgan fingerprint density at radius 2 is 2.17 bits per heavy atom. The molecule has 3 rings (SSSR count). The van der Waals surface area contributed by atoms with Crippen molar-refractivity contribution in [2.24, 2.45) is 0 Å². The molecule has 24 heavy (non-hydrogen) atoms. The van der Waals surface area contributed by atoms with Gasteiger partial charge in [0.15, 0.2) is 15.6 Å². The molecule has 2 aromatic rings. The fourth-order valence-corrected chi connectivity index (χ4v) is 4.10. The van der Waals surface area contributed by atoms with Crippen LogP contribution in [-0.4, -0.2) is 43.5 Å². The summed E-state index contributed by atoms with van der Waals surface area (Å²) in [4.78, 5) is 21.5. The first kappa shape index (κ1) is 16.7. The second-order valence-corrected chi connectivity index (χ2v) is 8.25. The van der Waals surface area contributed by atoms with E-state index >= 15 is 0 Å². The molecule has 0 radical (unpaired) electrons. The topological polar surface area (TPSA) is 83.1 Å². The summed E-state index contributed by atoms with van der Waals surface area (Å²) in [6.07, 6.45) is 6.68. The second-order valence-electron chi connectivity index (χ2n) is 6.27. The quantitative estimate of drug-likeness (QED) is 0.859. The van der Waals surface area contributed by atoms with E-state index in [1.165, 1.54) is 19.2 Å². The van der Waals surface area contributed by atoms with Crippen LogP contribution in [0.4, 0.5) is 5.69 Å². The Bertz CT molecular complexity index is 844. The van der Waals surface area contributed by atoms with Gasteiger partial charge in [-0.05, 0) is 38.0 Å². The van der Waals surface area contributed by atoms with Gasteiger partial charge < -0.3 is 9.88 Å². The number of anilines is 1. The number of aromatic amines is 1. The summed E-state index contributed by atoms with van der Waals surface area (Å²) in [5.74, 6) is 1.07. The molecule has 0 aliphatic carbocycles. The van der Waals surface area contributed by atoms with Crippen LogP contribution in [0.15, 0.2) is 35.5 Å². The molecule has 128 valence electrons. The lowest BCUT2D eigenvalue weighted by Gasteiger charge is -2.34. The third-order valence-electron chi connectivity index (χ3n) is 4.43. The number of rotatable bonds is 4. The number of Topliss-reactive ketones (excluding diaryl/α,β-unsaturated/α-hetero) is 1. The first-order chi connectivity index (χ1) is 11.4. The number of nitrogens with one attached hydrogen (secondary N) is 1. The number of benzene rings is 1. The lowest BCUT2D eigenvalue weighted by molar-refractivity contribution is 0.101. The van der Waals surface area contributed by atoms with Gasteiger partial charge in [-0.15, -0.1) is 0 Å². The fourth-order valence-electron chi connectivity index (χ4n) is 3.22. The molecule has 1 aliphatic heterocycles. The third-order valence-corrected chi connectivity index (χ3v) is 5.58. The fraction of sp³-hybridized carbons (Fsp3) is 0.412. The molecule has 0 saturated carbocycles. The average molecular weight is 347 g/mol. The van der Waals surface area contributed by atoms with Crippen LogP contribution in [0.3, 0.4) is 0 Å². The first-order valence-corrected chi connectivity index (χ1v) is 9.84. The van der Waals surface area contributed by atoms with Crippen molar-refractivity contribution in [2.75, 3.05) is 24.2 Å². The van der Waals surface area contributed by atoms with Gasteiger partial charge in [0.2, 0.25) is 0 Å². The number of hydrogen-bond donors (Lipinski definition) is 1. The number of nitrogens with zero attached hydrogens (tertiary/aromatic N) is 2. The number of H-pyrrole nitrogens is 1. The monoisotopic (exact) mass is 347 g/mol. The standard InChI is InChI=1S/C17H21N3O3S/c1-12(21)13-5-6-16(24(2,22)23)15(10-13)20-9-3-4-14(11-20)17-18-7-8-19-17/h5-8,10,14H,3-4,9,11H2,1-2H3,(H,18,19)/t14-/m1/s1. The highest BCUT2D eigenvalue weighted by molar-refractivity contribution is 7.90. The second kappa shape index (κ2) is 6.39. The van der Waals surface area contributed by atoms with Crippen LogP contribution in [0.2, 0.25) is 0 Å². The van der Waals surface area contributed by atoms with Gasteiger partial charge in [-0.1, -0.05) is 0 Å². The number of ketones is 1. The predicted octanol–water partition coefficient (Wildman–Crippen LogP) is 2.40. The SMILES string of the molecule is CC(=O)c1ccc(S(C)(=O)=O)c(N2CCC[C@@H](c3ncc[nH]3)C2)c1. The van der Waals surface area contributed by atoms with E-state index in [1.54, 1.807) is 24.5 Å². The van der Waals surface area contributed by atoms with E-state index in [0.717, 1.165) is 25.2 Å². The van der Waals surface area contributed by atoms with Crippen molar-refractivity contribution in [3.63, 3.8) is 0 Å². The lowest BCUT2D eigenvalue weighted by Crippen LogP contribution is -2.35. The zero-order valence-electron chi connectivity index (χ0n) is 13.8. The summed E-state index contributed by atoms with van der Waals surface area (Å²) in [5, 5.41) is 0. The smallest absolute Gasteiger partial charge is 0.177 e. The molecule has 1 atom stereocenters. The maximum atomic E-state index is 12.2. The number of carbonyl (C=O) groups is 1. The molecule has 1 aromatic carbocycles. The van der Waals surface area contributed by atoms with Crippen LogP contribution in [0.25, 0.3) is 0 Å². The summed E-state index contributed by atoms with van der Waals surface area (Å²) in [6, 6.07) is 4.82.